The van der Waals surface area contributed by atoms with Crippen LogP contribution in [0.4, 0.5) is 4.79 Å². The van der Waals surface area contributed by atoms with Gasteiger partial charge in [-0.3, -0.25) is 19.3 Å². The fourth-order valence-corrected chi connectivity index (χ4v) is 4.10. The molecule has 1 heterocycles. The summed E-state index contributed by atoms with van der Waals surface area (Å²) in [6.07, 6.45) is 1.59. The number of methoxy groups -OCH3 is 4. The van der Waals surface area contributed by atoms with E-state index in [4.69, 9.17) is 18.9 Å². The molecule has 174 valence electrons. The molecule has 1 aliphatic rings. The molecule has 33 heavy (non-hydrogen) atoms. The molecule has 1 N–H and O–H groups in total. The van der Waals surface area contributed by atoms with Gasteiger partial charge in [-0.15, -0.1) is 0 Å². The number of amides is 3. The molecule has 0 radical (unpaired) electrons. The van der Waals surface area contributed by atoms with Gasteiger partial charge in [0.25, 0.3) is 17.1 Å². The first-order valence-electron chi connectivity index (χ1n) is 9.90. The Labute approximate surface area is 195 Å². The van der Waals surface area contributed by atoms with E-state index in [-0.39, 0.29) is 23.9 Å². The number of hydrogen-bond acceptors (Lipinski definition) is 8. The second-order valence-electron chi connectivity index (χ2n) is 6.75. The van der Waals surface area contributed by atoms with Crippen molar-refractivity contribution in [2.45, 2.75) is 0 Å². The van der Waals surface area contributed by atoms with E-state index in [0.29, 0.717) is 34.1 Å². The van der Waals surface area contributed by atoms with Crippen molar-refractivity contribution >= 4 is 34.9 Å². The van der Waals surface area contributed by atoms with Crippen molar-refractivity contribution in [2.24, 2.45) is 0 Å². The Morgan fingerprint density at radius 2 is 1.61 bits per heavy atom. The quantitative estimate of drug-likeness (QED) is 0.555. The minimum absolute atomic E-state index is 0.0398. The summed E-state index contributed by atoms with van der Waals surface area (Å²) in [5.41, 5.74) is 0.982. The van der Waals surface area contributed by atoms with Crippen molar-refractivity contribution < 1.29 is 33.3 Å². The highest BCUT2D eigenvalue weighted by Gasteiger charge is 2.34. The third kappa shape index (κ3) is 5.23. The minimum atomic E-state index is -0.440. The molecule has 1 saturated heterocycles. The Bertz CT molecular complexity index is 1070. The average molecular weight is 473 g/mol. The lowest BCUT2D eigenvalue weighted by Crippen LogP contribution is -2.37. The van der Waals surface area contributed by atoms with Gasteiger partial charge >= 0.3 is 0 Å². The van der Waals surface area contributed by atoms with E-state index < -0.39 is 11.1 Å². The minimum Gasteiger partial charge on any atom is -0.496 e. The number of carbonyl (C=O) groups is 3. The molecule has 0 saturated carbocycles. The van der Waals surface area contributed by atoms with Crippen LogP contribution >= 0.6 is 11.8 Å². The highest BCUT2D eigenvalue weighted by Crippen LogP contribution is 2.40. The number of carbonyl (C=O) groups excluding carboxylic acids is 3. The van der Waals surface area contributed by atoms with Crippen LogP contribution in [0, 0.1) is 0 Å². The molecule has 2 aromatic carbocycles. The summed E-state index contributed by atoms with van der Waals surface area (Å²) in [6.45, 7) is 0.143. The van der Waals surface area contributed by atoms with Gasteiger partial charge in [0.2, 0.25) is 5.75 Å². The van der Waals surface area contributed by atoms with Gasteiger partial charge in [-0.05, 0) is 47.7 Å². The van der Waals surface area contributed by atoms with E-state index in [9.17, 15) is 14.4 Å². The Hall–Kier alpha value is -3.66. The molecule has 1 aliphatic heterocycles. The lowest BCUT2D eigenvalue weighted by molar-refractivity contribution is -0.122. The van der Waals surface area contributed by atoms with Crippen LogP contribution < -0.4 is 24.3 Å². The molecule has 2 aromatic rings. The zero-order valence-electron chi connectivity index (χ0n) is 18.7. The smallest absolute Gasteiger partial charge is 0.293 e. The maximum Gasteiger partial charge on any atom is 0.293 e. The van der Waals surface area contributed by atoms with Crippen molar-refractivity contribution in [3.63, 3.8) is 0 Å². The second-order valence-corrected chi connectivity index (χ2v) is 7.74. The van der Waals surface area contributed by atoms with E-state index in [1.165, 1.54) is 28.4 Å². The van der Waals surface area contributed by atoms with E-state index in [1.807, 2.05) is 0 Å². The van der Waals surface area contributed by atoms with Crippen LogP contribution in [0.2, 0.25) is 0 Å². The Balaban J connectivity index is 1.69. The number of hydrogen-bond donors (Lipinski definition) is 1. The summed E-state index contributed by atoms with van der Waals surface area (Å²) in [6, 6.07) is 10.2. The van der Waals surface area contributed by atoms with Crippen molar-refractivity contribution in [1.82, 2.24) is 10.2 Å². The third-order valence-corrected chi connectivity index (χ3v) is 5.74. The topological polar surface area (TPSA) is 103 Å². The maximum absolute atomic E-state index is 12.8. The van der Waals surface area contributed by atoms with E-state index in [0.717, 1.165) is 16.7 Å². The fraction of sp³-hybridized carbons (Fsp3) is 0.261. The number of nitrogens with zero attached hydrogens (tertiary/aromatic N) is 1. The number of ether oxygens (including phenoxy) is 4. The largest absolute Gasteiger partial charge is 0.496 e. The fourth-order valence-electron chi connectivity index (χ4n) is 3.24. The zero-order chi connectivity index (χ0) is 24.0. The van der Waals surface area contributed by atoms with Crippen LogP contribution in [0.1, 0.15) is 15.9 Å². The van der Waals surface area contributed by atoms with Crippen molar-refractivity contribution in [1.29, 1.82) is 0 Å². The summed E-state index contributed by atoms with van der Waals surface area (Å²) in [4.78, 5) is 39.0. The molecular formula is C23H24N2O7S. The Morgan fingerprint density at radius 3 is 2.21 bits per heavy atom. The van der Waals surface area contributed by atoms with Gasteiger partial charge < -0.3 is 24.3 Å². The molecule has 0 atom stereocenters. The number of para-hydroxylation sites is 1. The van der Waals surface area contributed by atoms with Gasteiger partial charge in [0.15, 0.2) is 11.5 Å². The number of nitrogens with one attached hydrogen (secondary N) is 1. The van der Waals surface area contributed by atoms with E-state index in [2.05, 4.69) is 5.32 Å². The second kappa shape index (κ2) is 10.8. The van der Waals surface area contributed by atoms with E-state index in [1.54, 1.807) is 42.5 Å². The van der Waals surface area contributed by atoms with Crippen molar-refractivity contribution in [3.8, 4) is 23.0 Å². The van der Waals surface area contributed by atoms with Gasteiger partial charge in [-0.25, -0.2) is 0 Å². The standard InChI is InChI=1S/C23H24N2O7S/c1-29-16-8-6-5-7-15(16)21(26)24-9-10-25-22(27)19(33-23(25)28)13-14-11-17(30-2)20(32-4)18(12-14)31-3/h5-8,11-13H,9-10H2,1-4H3,(H,24,26). The molecule has 0 spiro atoms. The summed E-state index contributed by atoms with van der Waals surface area (Å²) >= 11 is 0.828. The average Bonchev–Trinajstić information content (AvgIpc) is 3.10. The SMILES string of the molecule is COc1ccccc1C(=O)NCCN1C(=O)SC(=Cc2cc(OC)c(OC)c(OC)c2)C1=O. The highest BCUT2D eigenvalue weighted by atomic mass is 32.2. The molecule has 3 rings (SSSR count). The van der Waals surface area contributed by atoms with Crippen molar-refractivity contribution in [2.75, 3.05) is 41.5 Å². The maximum atomic E-state index is 12.8. The first-order valence-corrected chi connectivity index (χ1v) is 10.7. The Kier molecular flexibility index (Phi) is 7.83. The van der Waals surface area contributed by atoms with Crippen LogP contribution in [-0.2, 0) is 4.79 Å². The summed E-state index contributed by atoms with van der Waals surface area (Å²) in [7, 11) is 5.97. The number of imide groups is 1. The molecule has 0 unspecified atom stereocenters. The summed E-state index contributed by atoms with van der Waals surface area (Å²) in [5, 5.41) is 2.30. The lowest BCUT2D eigenvalue weighted by atomic mass is 10.1. The van der Waals surface area contributed by atoms with Crippen LogP contribution in [0.25, 0.3) is 6.08 Å². The van der Waals surface area contributed by atoms with E-state index >= 15 is 0 Å². The van der Waals surface area contributed by atoms with Gasteiger partial charge in [-0.2, -0.15) is 0 Å². The highest BCUT2D eigenvalue weighted by molar-refractivity contribution is 8.18. The number of rotatable bonds is 9. The van der Waals surface area contributed by atoms with Gasteiger partial charge in [0, 0.05) is 13.1 Å². The third-order valence-electron chi connectivity index (χ3n) is 4.83. The van der Waals surface area contributed by atoms with Gasteiger partial charge in [0.1, 0.15) is 5.75 Å². The van der Waals surface area contributed by atoms with Gasteiger partial charge in [0.05, 0.1) is 38.9 Å². The molecular weight excluding hydrogens is 448 g/mol. The first-order chi connectivity index (χ1) is 15.9. The molecule has 0 aliphatic carbocycles. The van der Waals surface area contributed by atoms with Crippen molar-refractivity contribution in [3.05, 3.63) is 52.4 Å². The molecule has 0 bridgehead atoms. The van der Waals surface area contributed by atoms with Gasteiger partial charge in [-0.1, -0.05) is 12.1 Å². The lowest BCUT2D eigenvalue weighted by Gasteiger charge is -2.14. The van der Waals surface area contributed by atoms with Crippen LogP contribution in [-0.4, -0.2) is 63.5 Å². The van der Waals surface area contributed by atoms with Crippen LogP contribution in [0.5, 0.6) is 23.0 Å². The number of thioether (sulfide) groups is 1. The monoisotopic (exact) mass is 472 g/mol. The molecule has 0 aromatic heterocycles. The predicted molar refractivity (Wildman–Crippen MR) is 124 cm³/mol. The predicted octanol–water partition coefficient (Wildman–Crippen LogP) is 3.19. The normalized spacial score (nSPS) is 14.4. The summed E-state index contributed by atoms with van der Waals surface area (Å²) < 4.78 is 21.1. The van der Waals surface area contributed by atoms with Crippen LogP contribution in [0.15, 0.2) is 41.3 Å². The molecule has 10 heteroatoms. The number of benzene rings is 2. The van der Waals surface area contributed by atoms with Crippen LogP contribution in [0.3, 0.4) is 0 Å². The molecule has 3 amide bonds. The Morgan fingerprint density at radius 1 is 0.970 bits per heavy atom. The molecule has 1 fully saturated rings. The summed E-state index contributed by atoms with van der Waals surface area (Å²) in [5.74, 6) is 0.936. The molecule has 9 nitrogen and oxygen atoms in total. The zero-order valence-corrected chi connectivity index (χ0v) is 19.5. The first kappa shape index (κ1) is 24.0.